The maximum atomic E-state index is 12.4. The molecule has 2 N–H and O–H groups in total. The number of carbonyl (C=O) groups excluding carboxylic acids is 1. The highest BCUT2D eigenvalue weighted by Crippen LogP contribution is 2.18. The first-order valence-electron chi connectivity index (χ1n) is 8.76. The maximum absolute atomic E-state index is 12.4. The lowest BCUT2D eigenvalue weighted by Crippen LogP contribution is -2.42. The van der Waals surface area contributed by atoms with Gasteiger partial charge in [0.05, 0.1) is 11.4 Å². The van der Waals surface area contributed by atoms with Gasteiger partial charge in [0.1, 0.15) is 6.04 Å². The van der Waals surface area contributed by atoms with Crippen molar-refractivity contribution in [2.75, 3.05) is 0 Å². The number of carboxylic acid groups (broad SMARTS) is 1. The van der Waals surface area contributed by atoms with Crippen LogP contribution in [-0.2, 0) is 11.2 Å². The lowest BCUT2D eigenvalue weighted by atomic mass is 10.1. The van der Waals surface area contributed by atoms with Crippen LogP contribution in [0.25, 0.3) is 0 Å². The lowest BCUT2D eigenvalue weighted by molar-refractivity contribution is -0.139. The summed E-state index contributed by atoms with van der Waals surface area (Å²) in [4.78, 5) is 23.9. The van der Waals surface area contributed by atoms with Crippen molar-refractivity contribution in [3.63, 3.8) is 0 Å². The summed E-state index contributed by atoms with van der Waals surface area (Å²) < 4.78 is 0. The molecule has 0 heterocycles. The van der Waals surface area contributed by atoms with Crippen LogP contribution in [0.1, 0.15) is 15.9 Å². The van der Waals surface area contributed by atoms with Crippen LogP contribution < -0.4 is 5.32 Å². The maximum Gasteiger partial charge on any atom is 0.326 e. The Hall–Kier alpha value is -3.80. The normalized spacial score (nSPS) is 11.9. The highest BCUT2D eigenvalue weighted by Gasteiger charge is 2.21. The zero-order chi connectivity index (χ0) is 19.8. The molecule has 28 heavy (non-hydrogen) atoms. The van der Waals surface area contributed by atoms with Crippen LogP contribution in [-0.4, -0.2) is 23.0 Å². The van der Waals surface area contributed by atoms with Crippen molar-refractivity contribution >= 4 is 23.3 Å². The van der Waals surface area contributed by atoms with Gasteiger partial charge in [-0.05, 0) is 42.0 Å². The number of amides is 1. The average Bonchev–Trinajstić information content (AvgIpc) is 2.73. The van der Waals surface area contributed by atoms with Gasteiger partial charge in [-0.2, -0.15) is 10.2 Å². The van der Waals surface area contributed by atoms with Gasteiger partial charge in [0.2, 0.25) is 0 Å². The number of aliphatic carboxylic acids is 1. The van der Waals surface area contributed by atoms with Crippen molar-refractivity contribution in [1.82, 2.24) is 5.32 Å². The van der Waals surface area contributed by atoms with Crippen LogP contribution in [0.3, 0.4) is 0 Å². The summed E-state index contributed by atoms with van der Waals surface area (Å²) in [6.45, 7) is 0. The smallest absolute Gasteiger partial charge is 0.326 e. The Kier molecular flexibility index (Phi) is 6.25. The largest absolute Gasteiger partial charge is 0.480 e. The molecule has 3 aromatic rings. The topological polar surface area (TPSA) is 91.1 Å². The molecule has 0 aliphatic heterocycles. The van der Waals surface area contributed by atoms with Crippen molar-refractivity contribution < 1.29 is 14.7 Å². The molecule has 0 aromatic heterocycles. The van der Waals surface area contributed by atoms with Crippen molar-refractivity contribution in [2.24, 2.45) is 10.2 Å². The minimum atomic E-state index is -1.08. The van der Waals surface area contributed by atoms with Gasteiger partial charge in [0.25, 0.3) is 5.91 Å². The first-order chi connectivity index (χ1) is 13.6. The van der Waals surface area contributed by atoms with Gasteiger partial charge < -0.3 is 10.4 Å². The molecule has 0 aliphatic carbocycles. The van der Waals surface area contributed by atoms with Crippen molar-refractivity contribution in [1.29, 1.82) is 0 Å². The number of hydrogen-bond acceptors (Lipinski definition) is 4. The SMILES string of the molecule is O=C(NC(Cc1ccccc1)C(=O)O)c1ccc(N=Nc2ccccc2)cc1. The predicted octanol–water partition coefficient (Wildman–Crippen LogP) is 4.53. The molecule has 6 nitrogen and oxygen atoms in total. The van der Waals surface area contributed by atoms with Gasteiger partial charge in [-0.1, -0.05) is 48.5 Å². The van der Waals surface area contributed by atoms with Gasteiger partial charge in [0, 0.05) is 12.0 Å². The summed E-state index contributed by atoms with van der Waals surface area (Å²) in [6, 6.07) is 24.0. The molecule has 140 valence electrons. The molecule has 1 unspecified atom stereocenters. The van der Waals surface area contributed by atoms with E-state index in [2.05, 4.69) is 15.5 Å². The molecule has 1 atom stereocenters. The minimum Gasteiger partial charge on any atom is -0.480 e. The van der Waals surface area contributed by atoms with E-state index in [0.29, 0.717) is 11.3 Å². The van der Waals surface area contributed by atoms with E-state index in [1.54, 1.807) is 24.3 Å². The van der Waals surface area contributed by atoms with Gasteiger partial charge in [-0.3, -0.25) is 4.79 Å². The summed E-state index contributed by atoms with van der Waals surface area (Å²) in [6.07, 6.45) is 0.214. The Morgan fingerprint density at radius 1 is 0.786 bits per heavy atom. The molecule has 1 amide bonds. The molecule has 3 aromatic carbocycles. The molecule has 0 fully saturated rings. The van der Waals surface area contributed by atoms with Gasteiger partial charge in [-0.15, -0.1) is 0 Å². The van der Waals surface area contributed by atoms with E-state index < -0.39 is 17.9 Å². The Morgan fingerprint density at radius 3 is 1.89 bits per heavy atom. The quantitative estimate of drug-likeness (QED) is 0.596. The van der Waals surface area contributed by atoms with Crippen LogP contribution in [0.15, 0.2) is 95.2 Å². The van der Waals surface area contributed by atoms with Crippen LogP contribution >= 0.6 is 0 Å². The van der Waals surface area contributed by atoms with E-state index in [1.165, 1.54) is 0 Å². The molecule has 0 radical (unpaired) electrons. The fraction of sp³-hybridized carbons (Fsp3) is 0.0909. The summed E-state index contributed by atoms with van der Waals surface area (Å²) >= 11 is 0. The predicted molar refractivity (Wildman–Crippen MR) is 106 cm³/mol. The van der Waals surface area contributed by atoms with Crippen molar-refractivity contribution in [2.45, 2.75) is 12.5 Å². The number of carbonyl (C=O) groups is 2. The van der Waals surface area contributed by atoms with Gasteiger partial charge in [-0.25, -0.2) is 4.79 Å². The highest BCUT2D eigenvalue weighted by molar-refractivity contribution is 5.96. The number of nitrogens with one attached hydrogen (secondary N) is 1. The zero-order valence-corrected chi connectivity index (χ0v) is 15.0. The third-order valence-electron chi connectivity index (χ3n) is 4.05. The molecular weight excluding hydrogens is 354 g/mol. The second-order valence-corrected chi connectivity index (χ2v) is 6.14. The van der Waals surface area contributed by atoms with Crippen molar-refractivity contribution in [3.8, 4) is 0 Å². The van der Waals surface area contributed by atoms with E-state index in [1.807, 2.05) is 60.7 Å². The molecule has 6 heteroatoms. The fourth-order valence-corrected chi connectivity index (χ4v) is 2.58. The van der Waals surface area contributed by atoms with Gasteiger partial charge in [0.15, 0.2) is 0 Å². The van der Waals surface area contributed by atoms with Crippen LogP contribution in [0.4, 0.5) is 11.4 Å². The minimum absolute atomic E-state index is 0.214. The van der Waals surface area contributed by atoms with Crippen LogP contribution in [0, 0.1) is 0 Å². The van der Waals surface area contributed by atoms with E-state index in [4.69, 9.17) is 0 Å². The number of hydrogen-bond donors (Lipinski definition) is 2. The molecule has 3 rings (SSSR count). The average molecular weight is 373 g/mol. The summed E-state index contributed by atoms with van der Waals surface area (Å²) in [7, 11) is 0. The summed E-state index contributed by atoms with van der Waals surface area (Å²) in [5, 5.41) is 20.2. The molecule has 0 spiro atoms. The third-order valence-corrected chi connectivity index (χ3v) is 4.05. The van der Waals surface area contributed by atoms with E-state index in [9.17, 15) is 14.7 Å². The zero-order valence-electron chi connectivity index (χ0n) is 15.0. The lowest BCUT2D eigenvalue weighted by Gasteiger charge is -2.14. The second kappa shape index (κ2) is 9.23. The third kappa shape index (κ3) is 5.35. The monoisotopic (exact) mass is 373 g/mol. The number of rotatable bonds is 7. The molecule has 0 bridgehead atoms. The number of carboxylic acids is 1. The standard InChI is InChI=1S/C22H19N3O3/c26-21(23-20(22(27)28)15-16-7-3-1-4-8-16)17-11-13-19(14-12-17)25-24-18-9-5-2-6-10-18/h1-14,20H,15H2,(H,23,26)(H,27,28). The number of benzene rings is 3. The van der Waals surface area contributed by atoms with E-state index >= 15 is 0 Å². The summed E-state index contributed by atoms with van der Waals surface area (Å²) in [5.41, 5.74) is 2.53. The molecule has 0 saturated carbocycles. The Bertz CT molecular complexity index is 955. The number of nitrogens with zero attached hydrogens (tertiary/aromatic N) is 2. The Labute approximate surface area is 162 Å². The molecule has 0 saturated heterocycles. The van der Waals surface area contributed by atoms with Crippen LogP contribution in [0.2, 0.25) is 0 Å². The molecular formula is C22H19N3O3. The summed E-state index contributed by atoms with van der Waals surface area (Å²) in [5.74, 6) is -1.53. The second-order valence-electron chi connectivity index (χ2n) is 6.14. The first-order valence-corrected chi connectivity index (χ1v) is 8.76. The number of azo groups is 1. The van der Waals surface area contributed by atoms with Crippen molar-refractivity contribution in [3.05, 3.63) is 96.1 Å². The van der Waals surface area contributed by atoms with E-state index in [-0.39, 0.29) is 6.42 Å². The Balaban J connectivity index is 1.64. The highest BCUT2D eigenvalue weighted by atomic mass is 16.4. The van der Waals surface area contributed by atoms with Gasteiger partial charge >= 0.3 is 5.97 Å². The fourth-order valence-electron chi connectivity index (χ4n) is 2.58. The Morgan fingerprint density at radius 2 is 1.32 bits per heavy atom. The van der Waals surface area contributed by atoms with E-state index in [0.717, 1.165) is 11.3 Å². The first kappa shape index (κ1) is 19.0. The van der Waals surface area contributed by atoms with Crippen LogP contribution in [0.5, 0.6) is 0 Å². The molecule has 0 aliphatic rings.